The maximum absolute atomic E-state index is 13.7. The number of nitrogens with zero attached hydrogens (tertiary/aromatic N) is 5. The Balaban J connectivity index is 0.878. The standard InChI is InChI=1S/C42H46N8O7/c1-48(42(54)55)36(26-13-14-26)40(52)50-18-4-6-32(50)38-43-21-29(45-38)23-7-9-24(10-8-23)34-20-28-19-27(15-16-33(28)57-34)30-22-44-37(46-30)31-5-3-17-49(31)39(51)35(25-11-12-25)47-41(53)56-2/h7-10,15-16,19-22,25-26,31-32,35-36H,3-6,11-14,17-18H2,1-2H3,(H,43,45)(H,44,46)(H,47,53)(H,54,55)/t31?,32-,35-,36-/m0/s1. The lowest BCUT2D eigenvalue weighted by atomic mass is 10.1. The fraction of sp³-hybridized carbons (Fsp3) is 0.429. The van der Waals surface area contributed by atoms with Gasteiger partial charge in [-0.1, -0.05) is 24.3 Å². The molecule has 2 aliphatic heterocycles. The van der Waals surface area contributed by atoms with Crippen LogP contribution in [0.5, 0.6) is 0 Å². The summed E-state index contributed by atoms with van der Waals surface area (Å²) in [5.74, 6) is 2.13. The zero-order valence-electron chi connectivity index (χ0n) is 31.9. The Kier molecular flexibility index (Phi) is 9.45. The van der Waals surface area contributed by atoms with Crippen LogP contribution in [-0.2, 0) is 14.3 Å². The number of alkyl carbamates (subject to hydrolysis) is 1. The third kappa shape index (κ3) is 7.10. The van der Waals surface area contributed by atoms with Gasteiger partial charge in [0.15, 0.2) is 0 Å². The summed E-state index contributed by atoms with van der Waals surface area (Å²) in [4.78, 5) is 72.1. The Morgan fingerprint density at radius 3 is 1.98 bits per heavy atom. The van der Waals surface area contributed by atoms with Crippen LogP contribution in [0.3, 0.4) is 0 Å². The second kappa shape index (κ2) is 14.8. The van der Waals surface area contributed by atoms with E-state index in [-0.39, 0.29) is 35.7 Å². The Morgan fingerprint density at radius 1 is 0.807 bits per heavy atom. The number of fused-ring (bicyclic) bond motifs is 1. The van der Waals surface area contributed by atoms with Crippen molar-refractivity contribution in [2.75, 3.05) is 27.2 Å². The zero-order valence-corrected chi connectivity index (χ0v) is 31.9. The summed E-state index contributed by atoms with van der Waals surface area (Å²) >= 11 is 0. The van der Waals surface area contributed by atoms with Crippen LogP contribution in [0.1, 0.15) is 75.1 Å². The first-order chi connectivity index (χ1) is 27.7. The Hall–Kier alpha value is -6.12. The van der Waals surface area contributed by atoms with Crippen LogP contribution in [0.4, 0.5) is 9.59 Å². The van der Waals surface area contributed by atoms with Crippen LogP contribution >= 0.6 is 0 Å². The molecule has 15 heteroatoms. The van der Waals surface area contributed by atoms with E-state index in [2.05, 4.69) is 26.3 Å². The number of likely N-dealkylation sites (tertiary alicyclic amines) is 2. The maximum Gasteiger partial charge on any atom is 0.407 e. The number of imidazole rings is 2. The minimum absolute atomic E-state index is 0.0714. The number of hydrogen-bond donors (Lipinski definition) is 4. The van der Waals surface area contributed by atoms with Gasteiger partial charge in [0.1, 0.15) is 35.1 Å². The first-order valence-corrected chi connectivity index (χ1v) is 19.8. The second-order valence-electron chi connectivity index (χ2n) is 15.8. The Labute approximate surface area is 328 Å². The molecule has 4 amide bonds. The van der Waals surface area contributed by atoms with Crippen molar-refractivity contribution in [3.05, 3.63) is 72.6 Å². The number of ether oxygens (including phenoxy) is 1. The van der Waals surface area contributed by atoms with Gasteiger partial charge in [-0.2, -0.15) is 0 Å². The van der Waals surface area contributed by atoms with Crippen LogP contribution in [0.25, 0.3) is 44.8 Å². The number of likely N-dealkylation sites (N-methyl/N-ethyl adjacent to an activating group) is 1. The molecule has 296 valence electrons. The number of amides is 4. The number of rotatable bonds is 11. The van der Waals surface area contributed by atoms with Crippen molar-refractivity contribution in [1.29, 1.82) is 0 Å². The number of aromatic amines is 2. The van der Waals surface area contributed by atoms with Gasteiger partial charge in [-0.05, 0) is 93.0 Å². The molecule has 0 spiro atoms. The normalized spacial score (nSPS) is 20.5. The van der Waals surface area contributed by atoms with Crippen molar-refractivity contribution in [3.63, 3.8) is 0 Å². The SMILES string of the molecule is COC(=O)N[C@H](C(=O)N1CCCC1c1ncc(-c2ccc3oc(-c4ccc(-c5cnc([C@@H]6CCCN6C(=O)[C@H](C6CC6)N(C)C(=O)O)[nH]5)cc4)cc3c2)[nH]1)C1CC1. The number of hydrogen-bond acceptors (Lipinski definition) is 8. The molecule has 57 heavy (non-hydrogen) atoms. The van der Waals surface area contributed by atoms with E-state index in [4.69, 9.17) is 14.1 Å². The number of aromatic nitrogens is 4. The van der Waals surface area contributed by atoms with Gasteiger partial charge in [-0.15, -0.1) is 0 Å². The van der Waals surface area contributed by atoms with Gasteiger partial charge in [0.2, 0.25) is 11.8 Å². The van der Waals surface area contributed by atoms with Crippen LogP contribution in [-0.4, -0.2) is 103 Å². The predicted octanol–water partition coefficient (Wildman–Crippen LogP) is 6.73. The number of methoxy groups -OCH3 is 1. The van der Waals surface area contributed by atoms with E-state index in [9.17, 15) is 24.3 Å². The van der Waals surface area contributed by atoms with Crippen molar-refractivity contribution < 1.29 is 33.4 Å². The van der Waals surface area contributed by atoms with Gasteiger partial charge in [0.25, 0.3) is 0 Å². The third-order valence-electron chi connectivity index (χ3n) is 12.1. The third-order valence-corrected chi connectivity index (χ3v) is 12.1. The molecule has 4 N–H and O–H groups in total. The first-order valence-electron chi connectivity index (χ1n) is 19.8. The molecule has 5 aromatic rings. The molecule has 9 rings (SSSR count). The topological polar surface area (TPSA) is 190 Å². The fourth-order valence-electron chi connectivity index (χ4n) is 8.66. The van der Waals surface area contributed by atoms with E-state index in [0.717, 1.165) is 107 Å². The van der Waals surface area contributed by atoms with Crippen molar-refractivity contribution in [3.8, 4) is 33.8 Å². The predicted molar refractivity (Wildman–Crippen MR) is 209 cm³/mol. The minimum atomic E-state index is -1.09. The number of nitrogens with one attached hydrogen (secondary N) is 3. The highest BCUT2D eigenvalue weighted by atomic mass is 16.5. The maximum atomic E-state index is 13.7. The Morgan fingerprint density at radius 2 is 1.39 bits per heavy atom. The molecule has 2 saturated carbocycles. The van der Waals surface area contributed by atoms with E-state index >= 15 is 0 Å². The van der Waals surface area contributed by atoms with Crippen LogP contribution < -0.4 is 5.32 Å². The van der Waals surface area contributed by atoms with Crippen molar-refractivity contribution in [2.24, 2.45) is 11.8 Å². The second-order valence-corrected chi connectivity index (χ2v) is 15.8. The molecular weight excluding hydrogens is 729 g/mol. The van der Waals surface area contributed by atoms with E-state index in [1.165, 1.54) is 14.2 Å². The van der Waals surface area contributed by atoms with Crippen LogP contribution in [0.2, 0.25) is 0 Å². The molecule has 2 saturated heterocycles. The molecule has 4 fully saturated rings. The molecule has 3 aromatic heterocycles. The summed E-state index contributed by atoms with van der Waals surface area (Å²) in [5, 5.41) is 13.3. The summed E-state index contributed by atoms with van der Waals surface area (Å²) < 4.78 is 11.1. The molecule has 4 atom stereocenters. The molecule has 0 radical (unpaired) electrons. The fourth-order valence-corrected chi connectivity index (χ4v) is 8.66. The smallest absolute Gasteiger partial charge is 0.407 e. The van der Waals surface area contributed by atoms with E-state index in [1.54, 1.807) is 17.3 Å². The molecule has 5 heterocycles. The monoisotopic (exact) mass is 774 g/mol. The number of benzene rings is 2. The van der Waals surface area contributed by atoms with Crippen molar-refractivity contribution in [2.45, 2.75) is 75.5 Å². The highest BCUT2D eigenvalue weighted by Crippen LogP contribution is 2.41. The van der Waals surface area contributed by atoms with Gasteiger partial charge in [0.05, 0.1) is 43.0 Å². The Bertz CT molecular complexity index is 2320. The lowest BCUT2D eigenvalue weighted by Crippen LogP contribution is -2.50. The highest BCUT2D eigenvalue weighted by molar-refractivity contribution is 5.89. The van der Waals surface area contributed by atoms with Crippen LogP contribution in [0, 0.1) is 11.8 Å². The van der Waals surface area contributed by atoms with Crippen LogP contribution in [0.15, 0.2) is 65.3 Å². The molecule has 2 aromatic carbocycles. The summed E-state index contributed by atoms with van der Waals surface area (Å²) in [6.45, 7) is 1.19. The molecule has 15 nitrogen and oxygen atoms in total. The summed E-state index contributed by atoms with van der Waals surface area (Å²) in [7, 11) is 2.79. The van der Waals surface area contributed by atoms with E-state index in [1.807, 2.05) is 47.4 Å². The molecular formula is C42H46N8O7. The van der Waals surface area contributed by atoms with Gasteiger partial charge < -0.3 is 39.3 Å². The summed E-state index contributed by atoms with van der Waals surface area (Å²) in [5.41, 5.74) is 5.21. The molecule has 2 aliphatic carbocycles. The number of H-pyrrole nitrogens is 2. The number of carboxylic acid groups (broad SMARTS) is 1. The highest BCUT2D eigenvalue weighted by Gasteiger charge is 2.46. The number of furan rings is 1. The average molecular weight is 775 g/mol. The zero-order chi connectivity index (χ0) is 39.4. The lowest BCUT2D eigenvalue weighted by Gasteiger charge is -2.31. The number of carbonyl (C=O) groups excluding carboxylic acids is 3. The average Bonchev–Trinajstić information content (AvgIpc) is 3.81. The van der Waals surface area contributed by atoms with Gasteiger partial charge in [0, 0.05) is 36.7 Å². The van der Waals surface area contributed by atoms with Crippen molar-refractivity contribution in [1.82, 2.24) is 40.0 Å². The molecule has 1 unspecified atom stereocenters. The summed E-state index contributed by atoms with van der Waals surface area (Å²) in [6, 6.07) is 14.4. The largest absolute Gasteiger partial charge is 0.465 e. The minimum Gasteiger partial charge on any atom is -0.465 e. The lowest BCUT2D eigenvalue weighted by molar-refractivity contribution is -0.138. The molecule has 0 bridgehead atoms. The van der Waals surface area contributed by atoms with E-state index < -0.39 is 24.3 Å². The molecule has 4 aliphatic rings. The number of carbonyl (C=O) groups is 4. The van der Waals surface area contributed by atoms with Crippen molar-refractivity contribution >= 4 is 35.0 Å². The van der Waals surface area contributed by atoms with E-state index in [0.29, 0.717) is 18.9 Å². The summed E-state index contributed by atoms with van der Waals surface area (Å²) in [6.07, 6.45) is 8.67. The van der Waals surface area contributed by atoms with Gasteiger partial charge in [-0.25, -0.2) is 19.6 Å². The first kappa shape index (κ1) is 36.5. The van der Waals surface area contributed by atoms with Gasteiger partial charge >= 0.3 is 12.2 Å². The van der Waals surface area contributed by atoms with Gasteiger partial charge in [-0.3, -0.25) is 14.5 Å². The quantitative estimate of drug-likeness (QED) is 0.113.